The molecule has 0 radical (unpaired) electrons. The van der Waals surface area contributed by atoms with E-state index in [2.05, 4.69) is 22.9 Å². The van der Waals surface area contributed by atoms with E-state index in [1.54, 1.807) is 36.4 Å². The van der Waals surface area contributed by atoms with E-state index in [0.717, 1.165) is 23.7 Å². The predicted octanol–water partition coefficient (Wildman–Crippen LogP) is 4.96. The van der Waals surface area contributed by atoms with E-state index in [0.29, 0.717) is 23.6 Å². The summed E-state index contributed by atoms with van der Waals surface area (Å²) in [5.74, 6) is -0.276. The van der Waals surface area contributed by atoms with E-state index in [-0.39, 0.29) is 11.3 Å². The van der Waals surface area contributed by atoms with Gasteiger partial charge in [0.1, 0.15) is 23.3 Å². The van der Waals surface area contributed by atoms with Crippen molar-refractivity contribution in [1.29, 1.82) is 0 Å². The van der Waals surface area contributed by atoms with Crippen LogP contribution in [0.1, 0.15) is 49.3 Å². The van der Waals surface area contributed by atoms with Crippen molar-refractivity contribution in [1.82, 2.24) is 4.90 Å². The van der Waals surface area contributed by atoms with Crippen LogP contribution in [0.25, 0.3) is 5.76 Å². The lowest BCUT2D eigenvalue weighted by Gasteiger charge is -2.23. The molecule has 1 fully saturated rings. The highest BCUT2D eigenvalue weighted by molar-refractivity contribution is 9.10. The monoisotopic (exact) mass is 431 g/mol. The third-order valence-corrected chi connectivity index (χ3v) is 5.22. The van der Waals surface area contributed by atoms with Crippen molar-refractivity contribution in [2.24, 2.45) is 0 Å². The van der Waals surface area contributed by atoms with Crippen LogP contribution >= 0.6 is 15.9 Å². The zero-order chi connectivity index (χ0) is 19.6. The number of aryl methyl sites for hydroxylation is 1. The Balaban J connectivity index is 2.09. The molecule has 1 aromatic carbocycles. The van der Waals surface area contributed by atoms with Crippen molar-refractivity contribution in [3.8, 4) is 0 Å². The van der Waals surface area contributed by atoms with Crippen molar-refractivity contribution in [2.75, 3.05) is 6.54 Å². The minimum Gasteiger partial charge on any atom is -0.507 e. The van der Waals surface area contributed by atoms with Crippen LogP contribution < -0.4 is 0 Å². The van der Waals surface area contributed by atoms with Gasteiger partial charge in [0.2, 0.25) is 0 Å². The fourth-order valence-corrected chi connectivity index (χ4v) is 3.57. The van der Waals surface area contributed by atoms with E-state index >= 15 is 0 Å². The Morgan fingerprint density at radius 1 is 1.15 bits per heavy atom. The Labute approximate surface area is 166 Å². The maximum Gasteiger partial charge on any atom is 0.295 e. The van der Waals surface area contributed by atoms with Gasteiger partial charge in [0.25, 0.3) is 11.7 Å². The van der Waals surface area contributed by atoms with Crippen molar-refractivity contribution < 1.29 is 19.1 Å². The molecule has 1 unspecified atom stereocenters. The quantitative estimate of drug-likeness (QED) is 0.303. The van der Waals surface area contributed by atoms with Crippen LogP contribution in [-0.2, 0) is 9.59 Å². The molecule has 2 heterocycles. The molecule has 1 saturated heterocycles. The molecular weight excluding hydrogens is 410 g/mol. The van der Waals surface area contributed by atoms with E-state index in [1.807, 2.05) is 6.92 Å². The van der Waals surface area contributed by atoms with Gasteiger partial charge in [-0.15, -0.1) is 0 Å². The Bertz CT molecular complexity index is 882. The van der Waals surface area contributed by atoms with Gasteiger partial charge in [-0.1, -0.05) is 47.8 Å². The number of carbonyl (C=O) groups is 2. The summed E-state index contributed by atoms with van der Waals surface area (Å²) in [6.07, 6.45) is 2.75. The Hall–Kier alpha value is -2.34. The van der Waals surface area contributed by atoms with Gasteiger partial charge >= 0.3 is 0 Å². The van der Waals surface area contributed by atoms with Crippen LogP contribution in [0, 0.1) is 6.92 Å². The van der Waals surface area contributed by atoms with Gasteiger partial charge in [0.15, 0.2) is 0 Å². The molecule has 5 nitrogen and oxygen atoms in total. The number of Topliss-reactive ketones (excluding diaryl/α,β-unsaturated/α-hetero) is 1. The van der Waals surface area contributed by atoms with Crippen LogP contribution in [0.5, 0.6) is 0 Å². The number of hydrogen-bond acceptors (Lipinski definition) is 4. The molecule has 27 heavy (non-hydrogen) atoms. The molecule has 3 rings (SSSR count). The lowest BCUT2D eigenvalue weighted by atomic mass is 9.99. The molecule has 1 atom stereocenters. The zero-order valence-corrected chi connectivity index (χ0v) is 17.0. The van der Waals surface area contributed by atoms with Crippen LogP contribution in [0.2, 0.25) is 0 Å². The summed E-state index contributed by atoms with van der Waals surface area (Å²) in [6, 6.07) is 9.80. The molecule has 0 spiro atoms. The maximum absolute atomic E-state index is 12.8. The number of ketones is 1. The Morgan fingerprint density at radius 2 is 1.85 bits per heavy atom. The number of unbranched alkanes of at least 4 members (excludes halogenated alkanes) is 2. The summed E-state index contributed by atoms with van der Waals surface area (Å²) in [4.78, 5) is 26.9. The topological polar surface area (TPSA) is 70.8 Å². The SMILES string of the molecule is CCCCCN1C(=O)C(=O)/C(=C(\O)c2ccc(Br)cc2)C1c1ccc(C)o1. The number of furan rings is 1. The summed E-state index contributed by atoms with van der Waals surface area (Å²) in [5.41, 5.74) is 0.561. The molecular formula is C21H22BrNO4. The van der Waals surface area contributed by atoms with Crippen molar-refractivity contribution in [3.63, 3.8) is 0 Å². The first kappa shape index (κ1) is 19.4. The molecule has 1 amide bonds. The minimum absolute atomic E-state index is 0.0770. The van der Waals surface area contributed by atoms with E-state index in [9.17, 15) is 14.7 Å². The number of amides is 1. The molecule has 1 aromatic heterocycles. The normalized spacial score (nSPS) is 19.1. The van der Waals surface area contributed by atoms with Crippen LogP contribution in [0.3, 0.4) is 0 Å². The lowest BCUT2D eigenvalue weighted by Crippen LogP contribution is -2.30. The van der Waals surface area contributed by atoms with Gasteiger partial charge in [-0.05, 0) is 37.6 Å². The first-order valence-corrected chi connectivity index (χ1v) is 9.84. The van der Waals surface area contributed by atoms with Gasteiger partial charge in [0, 0.05) is 16.6 Å². The third-order valence-electron chi connectivity index (χ3n) is 4.69. The summed E-state index contributed by atoms with van der Waals surface area (Å²) in [6.45, 7) is 4.33. The standard InChI is InChI=1S/C21H22BrNO4/c1-3-4-5-12-23-18(16-11-6-13(2)27-16)17(20(25)21(23)26)19(24)14-7-9-15(22)10-8-14/h6-11,18,24H,3-5,12H2,1-2H3/b19-17-. The molecule has 142 valence electrons. The number of likely N-dealkylation sites (tertiary alicyclic amines) is 1. The van der Waals surface area contributed by atoms with Crippen molar-refractivity contribution in [3.05, 3.63) is 63.5 Å². The molecule has 1 N–H and O–H groups in total. The van der Waals surface area contributed by atoms with Gasteiger partial charge in [-0.25, -0.2) is 0 Å². The Morgan fingerprint density at radius 3 is 2.44 bits per heavy atom. The molecule has 1 aliphatic heterocycles. The summed E-state index contributed by atoms with van der Waals surface area (Å²) >= 11 is 3.35. The molecule has 0 aliphatic carbocycles. The minimum atomic E-state index is -0.709. The van der Waals surface area contributed by atoms with E-state index in [1.165, 1.54) is 4.90 Å². The second-order valence-electron chi connectivity index (χ2n) is 6.65. The van der Waals surface area contributed by atoms with Gasteiger partial charge in [-0.3, -0.25) is 9.59 Å². The second kappa shape index (κ2) is 8.13. The molecule has 0 bridgehead atoms. The third kappa shape index (κ3) is 3.86. The number of aliphatic hydroxyl groups is 1. The number of rotatable bonds is 6. The van der Waals surface area contributed by atoms with Gasteiger partial charge in [0.05, 0.1) is 5.57 Å². The summed E-state index contributed by atoms with van der Waals surface area (Å²) in [5, 5.41) is 10.9. The molecule has 2 aromatic rings. The summed E-state index contributed by atoms with van der Waals surface area (Å²) < 4.78 is 6.60. The lowest BCUT2D eigenvalue weighted by molar-refractivity contribution is -0.140. The maximum atomic E-state index is 12.8. The molecule has 6 heteroatoms. The Kier molecular flexibility index (Phi) is 5.85. The highest BCUT2D eigenvalue weighted by Gasteiger charge is 2.47. The van der Waals surface area contributed by atoms with Crippen LogP contribution in [-0.4, -0.2) is 28.2 Å². The summed E-state index contributed by atoms with van der Waals surface area (Å²) in [7, 11) is 0. The number of carbonyl (C=O) groups excluding carboxylic acids is 2. The number of hydrogen-bond donors (Lipinski definition) is 1. The largest absolute Gasteiger partial charge is 0.507 e. The zero-order valence-electron chi connectivity index (χ0n) is 15.4. The number of aliphatic hydroxyl groups excluding tert-OH is 1. The first-order chi connectivity index (χ1) is 12.9. The van der Waals surface area contributed by atoms with E-state index in [4.69, 9.17) is 4.42 Å². The average Bonchev–Trinajstić information content (AvgIpc) is 3.18. The van der Waals surface area contributed by atoms with Crippen molar-refractivity contribution in [2.45, 2.75) is 39.2 Å². The highest BCUT2D eigenvalue weighted by atomic mass is 79.9. The molecule has 1 aliphatic rings. The van der Waals surface area contributed by atoms with Gasteiger partial charge in [-0.2, -0.15) is 0 Å². The fraction of sp³-hybridized carbons (Fsp3) is 0.333. The predicted molar refractivity (Wildman–Crippen MR) is 106 cm³/mol. The second-order valence-corrected chi connectivity index (χ2v) is 7.57. The smallest absolute Gasteiger partial charge is 0.295 e. The van der Waals surface area contributed by atoms with E-state index < -0.39 is 17.7 Å². The van der Waals surface area contributed by atoms with Crippen LogP contribution in [0.4, 0.5) is 0 Å². The van der Waals surface area contributed by atoms with Crippen LogP contribution in [0.15, 0.2) is 50.9 Å². The van der Waals surface area contributed by atoms with Crippen molar-refractivity contribution >= 4 is 33.4 Å². The number of nitrogens with zero attached hydrogens (tertiary/aromatic N) is 1. The average molecular weight is 432 g/mol. The number of benzene rings is 1. The molecule has 0 saturated carbocycles. The van der Waals surface area contributed by atoms with Gasteiger partial charge < -0.3 is 14.4 Å². The highest BCUT2D eigenvalue weighted by Crippen LogP contribution is 2.40. The number of halogens is 1. The fourth-order valence-electron chi connectivity index (χ4n) is 3.30. The first-order valence-electron chi connectivity index (χ1n) is 9.04.